The Morgan fingerprint density at radius 3 is 2.82 bits per heavy atom. The maximum atomic E-state index is 5.50. The van der Waals surface area contributed by atoms with Crippen LogP contribution in [0.5, 0.6) is 0 Å². The predicted molar refractivity (Wildman–Crippen MR) is 93.0 cm³/mol. The highest BCUT2D eigenvalue weighted by molar-refractivity contribution is 9.10. The van der Waals surface area contributed by atoms with Crippen LogP contribution in [0.1, 0.15) is 18.4 Å². The van der Waals surface area contributed by atoms with Gasteiger partial charge in [-0.1, -0.05) is 0 Å². The van der Waals surface area contributed by atoms with Crippen molar-refractivity contribution in [1.82, 2.24) is 14.8 Å². The van der Waals surface area contributed by atoms with Gasteiger partial charge in [0.05, 0.1) is 6.54 Å². The summed E-state index contributed by atoms with van der Waals surface area (Å²) in [6.45, 7) is 4.44. The molecule has 0 unspecified atom stereocenters. The molecule has 2 aromatic heterocycles. The molecular weight excluding hydrogens is 344 g/mol. The zero-order chi connectivity index (χ0) is 15.9. The molecule has 2 rings (SSSR count). The number of hydrogen-bond donors (Lipinski definition) is 1. The molecule has 0 radical (unpaired) electrons. The SMILES string of the molecule is CCNC(=NCCc1ccc(Br)o1)N(C)Cc1cccn1C. The maximum absolute atomic E-state index is 5.50. The average Bonchev–Trinajstić information content (AvgIpc) is 3.07. The van der Waals surface area contributed by atoms with Gasteiger partial charge in [0.2, 0.25) is 0 Å². The van der Waals surface area contributed by atoms with Crippen molar-refractivity contribution in [2.24, 2.45) is 12.0 Å². The van der Waals surface area contributed by atoms with E-state index in [9.17, 15) is 0 Å². The molecule has 2 aromatic rings. The number of furan rings is 1. The Hall–Kier alpha value is -1.69. The third-order valence-corrected chi connectivity index (χ3v) is 3.82. The first-order chi connectivity index (χ1) is 10.6. The summed E-state index contributed by atoms with van der Waals surface area (Å²) in [5.41, 5.74) is 1.25. The molecule has 0 saturated heterocycles. The highest BCUT2D eigenvalue weighted by Gasteiger charge is 2.08. The van der Waals surface area contributed by atoms with Crippen LogP contribution in [0.25, 0.3) is 0 Å². The minimum atomic E-state index is 0.694. The Morgan fingerprint density at radius 1 is 1.41 bits per heavy atom. The van der Waals surface area contributed by atoms with Gasteiger partial charge in [-0.25, -0.2) is 0 Å². The molecule has 120 valence electrons. The Morgan fingerprint density at radius 2 is 2.23 bits per heavy atom. The first-order valence-electron chi connectivity index (χ1n) is 7.44. The van der Waals surface area contributed by atoms with Crippen LogP contribution >= 0.6 is 15.9 Å². The third-order valence-electron chi connectivity index (χ3n) is 3.40. The van der Waals surface area contributed by atoms with Crippen LogP contribution < -0.4 is 5.32 Å². The summed E-state index contributed by atoms with van der Waals surface area (Å²) in [7, 11) is 4.11. The number of rotatable bonds is 6. The van der Waals surface area contributed by atoms with Gasteiger partial charge in [0, 0.05) is 45.5 Å². The van der Waals surface area contributed by atoms with Crippen LogP contribution in [0.3, 0.4) is 0 Å². The van der Waals surface area contributed by atoms with Gasteiger partial charge in [0.25, 0.3) is 0 Å². The monoisotopic (exact) mass is 366 g/mol. The van der Waals surface area contributed by atoms with Crippen LogP contribution in [0, 0.1) is 0 Å². The molecule has 5 nitrogen and oxygen atoms in total. The predicted octanol–water partition coefficient (Wildman–Crippen LogP) is 3.02. The van der Waals surface area contributed by atoms with Crippen molar-refractivity contribution in [1.29, 1.82) is 0 Å². The fourth-order valence-electron chi connectivity index (χ4n) is 2.21. The number of guanidine groups is 1. The van der Waals surface area contributed by atoms with Gasteiger partial charge in [-0.15, -0.1) is 0 Å². The van der Waals surface area contributed by atoms with Crippen molar-refractivity contribution < 1.29 is 4.42 Å². The number of nitrogens with one attached hydrogen (secondary N) is 1. The molecule has 1 N–H and O–H groups in total. The highest BCUT2D eigenvalue weighted by Crippen LogP contribution is 2.14. The zero-order valence-electron chi connectivity index (χ0n) is 13.3. The lowest BCUT2D eigenvalue weighted by molar-refractivity contribution is 0.459. The molecule has 0 bridgehead atoms. The first kappa shape index (κ1) is 16.7. The van der Waals surface area contributed by atoms with Crippen molar-refractivity contribution in [3.05, 3.63) is 46.6 Å². The van der Waals surface area contributed by atoms with Gasteiger partial charge >= 0.3 is 0 Å². The van der Waals surface area contributed by atoms with Gasteiger partial charge in [-0.2, -0.15) is 0 Å². The lowest BCUT2D eigenvalue weighted by atomic mass is 10.3. The molecule has 0 saturated carbocycles. The minimum Gasteiger partial charge on any atom is -0.454 e. The van der Waals surface area contributed by atoms with E-state index in [0.29, 0.717) is 6.54 Å². The highest BCUT2D eigenvalue weighted by atomic mass is 79.9. The smallest absolute Gasteiger partial charge is 0.194 e. The van der Waals surface area contributed by atoms with Gasteiger partial charge in [0.15, 0.2) is 10.6 Å². The van der Waals surface area contributed by atoms with E-state index in [1.54, 1.807) is 0 Å². The Labute approximate surface area is 140 Å². The second-order valence-electron chi connectivity index (χ2n) is 5.16. The van der Waals surface area contributed by atoms with Crippen LogP contribution in [0.2, 0.25) is 0 Å². The normalized spacial score (nSPS) is 11.7. The van der Waals surface area contributed by atoms with Crippen molar-refractivity contribution in [3.8, 4) is 0 Å². The van der Waals surface area contributed by atoms with E-state index in [1.807, 2.05) is 12.1 Å². The third kappa shape index (κ3) is 4.66. The topological polar surface area (TPSA) is 45.7 Å². The van der Waals surface area contributed by atoms with Gasteiger partial charge in [-0.3, -0.25) is 4.99 Å². The minimum absolute atomic E-state index is 0.694. The molecule has 0 spiro atoms. The largest absolute Gasteiger partial charge is 0.454 e. The summed E-state index contributed by atoms with van der Waals surface area (Å²) in [6, 6.07) is 8.06. The van der Waals surface area contributed by atoms with Crippen molar-refractivity contribution in [3.63, 3.8) is 0 Å². The first-order valence-corrected chi connectivity index (χ1v) is 8.23. The van der Waals surface area contributed by atoms with Gasteiger partial charge in [-0.05, 0) is 47.1 Å². The number of aryl methyl sites for hydroxylation is 1. The standard InChI is InChI=1S/C16H23BrN4O/c1-4-18-16(19-10-9-14-7-8-15(17)22-14)21(3)12-13-6-5-11-20(13)2/h5-8,11H,4,9-10,12H2,1-3H3,(H,18,19). The molecule has 0 amide bonds. The number of hydrogen-bond acceptors (Lipinski definition) is 2. The van der Waals surface area contributed by atoms with Crippen LogP contribution in [-0.4, -0.2) is 35.6 Å². The van der Waals surface area contributed by atoms with E-state index in [4.69, 9.17) is 4.42 Å². The quantitative estimate of drug-likeness (QED) is 0.631. The van der Waals surface area contributed by atoms with E-state index in [2.05, 4.69) is 75.1 Å². The van der Waals surface area contributed by atoms with Crippen molar-refractivity contribution in [2.75, 3.05) is 20.1 Å². The van der Waals surface area contributed by atoms with Crippen LogP contribution in [0.4, 0.5) is 0 Å². The molecule has 6 heteroatoms. The van der Waals surface area contributed by atoms with E-state index in [-0.39, 0.29) is 0 Å². The Balaban J connectivity index is 1.95. The molecule has 0 atom stereocenters. The van der Waals surface area contributed by atoms with Crippen molar-refractivity contribution in [2.45, 2.75) is 19.9 Å². The molecule has 0 fully saturated rings. The molecule has 0 aliphatic rings. The number of halogens is 1. The summed E-state index contributed by atoms with van der Waals surface area (Å²) in [6.07, 6.45) is 2.85. The number of aliphatic imine (C=N–C) groups is 1. The lowest BCUT2D eigenvalue weighted by Crippen LogP contribution is -2.39. The summed E-state index contributed by atoms with van der Waals surface area (Å²) in [4.78, 5) is 6.81. The molecule has 2 heterocycles. The molecule has 0 aliphatic heterocycles. The summed E-state index contributed by atoms with van der Waals surface area (Å²) >= 11 is 3.32. The Bertz CT molecular complexity index is 617. The van der Waals surface area contributed by atoms with Gasteiger partial charge in [0.1, 0.15) is 5.76 Å². The van der Waals surface area contributed by atoms with E-state index in [0.717, 1.165) is 35.9 Å². The summed E-state index contributed by atoms with van der Waals surface area (Å²) < 4.78 is 8.39. The number of aromatic nitrogens is 1. The molecule has 0 aliphatic carbocycles. The lowest BCUT2D eigenvalue weighted by Gasteiger charge is -2.22. The van der Waals surface area contributed by atoms with E-state index >= 15 is 0 Å². The molecular formula is C16H23BrN4O. The van der Waals surface area contributed by atoms with E-state index < -0.39 is 0 Å². The second-order valence-corrected chi connectivity index (χ2v) is 5.94. The summed E-state index contributed by atoms with van der Waals surface area (Å²) in [5.74, 6) is 1.85. The van der Waals surface area contributed by atoms with Crippen LogP contribution in [-0.2, 0) is 20.0 Å². The molecule has 22 heavy (non-hydrogen) atoms. The van der Waals surface area contributed by atoms with E-state index in [1.165, 1.54) is 5.69 Å². The van der Waals surface area contributed by atoms with Gasteiger partial charge < -0.3 is 19.2 Å². The maximum Gasteiger partial charge on any atom is 0.194 e. The fraction of sp³-hybridized carbons (Fsp3) is 0.438. The second kappa shape index (κ2) is 8.08. The van der Waals surface area contributed by atoms with Crippen LogP contribution in [0.15, 0.2) is 44.5 Å². The fourth-order valence-corrected chi connectivity index (χ4v) is 2.55. The average molecular weight is 367 g/mol. The van der Waals surface area contributed by atoms with Crippen molar-refractivity contribution >= 4 is 21.9 Å². The zero-order valence-corrected chi connectivity index (χ0v) is 14.9. The summed E-state index contributed by atoms with van der Waals surface area (Å²) in [5, 5.41) is 3.33. The molecule has 0 aromatic carbocycles. The number of nitrogens with zero attached hydrogens (tertiary/aromatic N) is 3. The Kier molecular flexibility index (Phi) is 6.12.